The number of carbonyl (C=O) groups is 1. The SMILES string of the molecule is O=C(CSc1nnc(-c2cnccn2)n1-c1ccccc1)Nc1ccccc1-c1ccccc1. The second-order valence-electron chi connectivity index (χ2n) is 7.32. The average molecular weight is 465 g/mol. The van der Waals surface area contributed by atoms with Crippen molar-refractivity contribution in [3.8, 4) is 28.3 Å². The van der Waals surface area contributed by atoms with E-state index in [0.717, 1.165) is 22.5 Å². The van der Waals surface area contributed by atoms with Crippen molar-refractivity contribution in [2.45, 2.75) is 5.16 Å². The van der Waals surface area contributed by atoms with Crippen LogP contribution in [-0.2, 0) is 4.79 Å². The third-order valence-corrected chi connectivity index (χ3v) is 5.99. The first-order valence-electron chi connectivity index (χ1n) is 10.6. The summed E-state index contributed by atoms with van der Waals surface area (Å²) in [7, 11) is 0. The highest BCUT2D eigenvalue weighted by Crippen LogP contribution is 2.29. The highest BCUT2D eigenvalue weighted by atomic mass is 32.2. The van der Waals surface area contributed by atoms with Crippen LogP contribution in [0.25, 0.3) is 28.3 Å². The van der Waals surface area contributed by atoms with E-state index >= 15 is 0 Å². The van der Waals surface area contributed by atoms with E-state index in [-0.39, 0.29) is 11.7 Å². The average Bonchev–Trinajstić information content (AvgIpc) is 3.33. The summed E-state index contributed by atoms with van der Waals surface area (Å²) in [6.07, 6.45) is 4.87. The van der Waals surface area contributed by atoms with Gasteiger partial charge in [-0.05, 0) is 23.8 Å². The molecule has 0 aliphatic carbocycles. The van der Waals surface area contributed by atoms with Gasteiger partial charge in [-0.15, -0.1) is 10.2 Å². The number of thioether (sulfide) groups is 1. The molecule has 1 amide bonds. The van der Waals surface area contributed by atoms with E-state index in [1.54, 1.807) is 18.6 Å². The fourth-order valence-corrected chi connectivity index (χ4v) is 4.28. The van der Waals surface area contributed by atoms with Gasteiger partial charge in [-0.25, -0.2) is 4.98 Å². The number of nitrogens with zero attached hydrogens (tertiary/aromatic N) is 5. The molecule has 8 heteroatoms. The lowest BCUT2D eigenvalue weighted by molar-refractivity contribution is -0.113. The van der Waals surface area contributed by atoms with E-state index in [1.165, 1.54) is 11.8 Å². The van der Waals surface area contributed by atoms with Crippen LogP contribution in [0.5, 0.6) is 0 Å². The van der Waals surface area contributed by atoms with Crippen LogP contribution >= 0.6 is 11.8 Å². The number of amides is 1. The number of carbonyl (C=O) groups excluding carboxylic acids is 1. The summed E-state index contributed by atoms with van der Waals surface area (Å²) in [5, 5.41) is 12.3. The van der Waals surface area contributed by atoms with Crippen molar-refractivity contribution < 1.29 is 4.79 Å². The molecule has 0 radical (unpaired) electrons. The second kappa shape index (κ2) is 10.1. The van der Waals surface area contributed by atoms with Crippen molar-refractivity contribution in [2.75, 3.05) is 11.1 Å². The van der Waals surface area contributed by atoms with Crippen molar-refractivity contribution in [3.05, 3.63) is 104 Å². The van der Waals surface area contributed by atoms with Crippen molar-refractivity contribution >= 4 is 23.4 Å². The molecular weight excluding hydrogens is 444 g/mol. The number of rotatable bonds is 7. The fraction of sp³-hybridized carbons (Fsp3) is 0.0385. The van der Waals surface area contributed by atoms with Gasteiger partial charge in [-0.1, -0.05) is 78.5 Å². The van der Waals surface area contributed by atoms with Crippen LogP contribution in [0.15, 0.2) is 109 Å². The molecule has 0 saturated carbocycles. The Kier molecular flexibility index (Phi) is 6.40. The molecule has 0 atom stereocenters. The normalized spacial score (nSPS) is 10.7. The predicted molar refractivity (Wildman–Crippen MR) is 134 cm³/mol. The lowest BCUT2D eigenvalue weighted by atomic mass is 10.0. The van der Waals surface area contributed by atoms with Crippen molar-refractivity contribution in [3.63, 3.8) is 0 Å². The molecule has 0 aliphatic rings. The summed E-state index contributed by atoms with van der Waals surface area (Å²) in [6, 6.07) is 27.5. The summed E-state index contributed by atoms with van der Waals surface area (Å²) in [6.45, 7) is 0. The van der Waals surface area contributed by atoms with E-state index in [0.29, 0.717) is 16.7 Å². The number of hydrogen-bond acceptors (Lipinski definition) is 6. The van der Waals surface area contributed by atoms with Gasteiger partial charge in [-0.3, -0.25) is 14.3 Å². The Hall–Kier alpha value is -4.30. The van der Waals surface area contributed by atoms with Crippen LogP contribution in [0.4, 0.5) is 5.69 Å². The van der Waals surface area contributed by atoms with Gasteiger partial charge < -0.3 is 5.32 Å². The topological polar surface area (TPSA) is 85.6 Å². The molecule has 5 aromatic rings. The summed E-state index contributed by atoms with van der Waals surface area (Å²) in [5.74, 6) is 0.614. The Morgan fingerprint density at radius 1 is 0.853 bits per heavy atom. The molecule has 0 bridgehead atoms. The van der Waals surface area contributed by atoms with E-state index in [1.807, 2.05) is 89.5 Å². The van der Waals surface area contributed by atoms with Crippen LogP contribution in [0.1, 0.15) is 0 Å². The molecule has 34 heavy (non-hydrogen) atoms. The van der Waals surface area contributed by atoms with Gasteiger partial charge in [0, 0.05) is 29.3 Å². The van der Waals surface area contributed by atoms with Crippen molar-refractivity contribution in [2.24, 2.45) is 0 Å². The number of benzene rings is 3. The molecule has 3 aromatic carbocycles. The minimum atomic E-state index is -0.128. The van der Waals surface area contributed by atoms with Gasteiger partial charge in [0.15, 0.2) is 11.0 Å². The first kappa shape index (κ1) is 21.5. The van der Waals surface area contributed by atoms with Crippen molar-refractivity contribution in [1.29, 1.82) is 0 Å². The monoisotopic (exact) mass is 464 g/mol. The Balaban J connectivity index is 1.37. The van der Waals surface area contributed by atoms with Gasteiger partial charge in [0.1, 0.15) is 5.69 Å². The van der Waals surface area contributed by atoms with Gasteiger partial charge in [-0.2, -0.15) is 0 Å². The molecule has 1 N–H and O–H groups in total. The summed E-state index contributed by atoms with van der Waals surface area (Å²) in [5.41, 5.74) is 4.27. The third kappa shape index (κ3) is 4.72. The maximum absolute atomic E-state index is 12.9. The molecule has 7 nitrogen and oxygen atoms in total. The molecule has 166 valence electrons. The first-order valence-corrected chi connectivity index (χ1v) is 11.6. The zero-order chi connectivity index (χ0) is 23.2. The summed E-state index contributed by atoms with van der Waals surface area (Å²) < 4.78 is 1.89. The van der Waals surface area contributed by atoms with Gasteiger partial charge in [0.25, 0.3) is 0 Å². The van der Waals surface area contributed by atoms with Crippen LogP contribution in [0, 0.1) is 0 Å². The summed E-state index contributed by atoms with van der Waals surface area (Å²) >= 11 is 1.32. The van der Waals surface area contributed by atoms with Crippen LogP contribution in [-0.4, -0.2) is 36.4 Å². The third-order valence-electron chi connectivity index (χ3n) is 5.06. The number of nitrogens with one attached hydrogen (secondary N) is 1. The number of para-hydroxylation sites is 2. The second-order valence-corrected chi connectivity index (χ2v) is 8.26. The quantitative estimate of drug-likeness (QED) is 0.337. The molecule has 5 rings (SSSR count). The molecule has 0 unspecified atom stereocenters. The first-order chi connectivity index (χ1) is 16.8. The maximum atomic E-state index is 12.9. The van der Waals surface area contributed by atoms with Gasteiger partial charge in [0.2, 0.25) is 5.91 Å². The molecule has 0 fully saturated rings. The zero-order valence-corrected chi connectivity index (χ0v) is 18.9. The Morgan fingerprint density at radius 2 is 1.59 bits per heavy atom. The number of aromatic nitrogens is 5. The van der Waals surface area contributed by atoms with Crippen molar-refractivity contribution in [1.82, 2.24) is 24.7 Å². The summed E-state index contributed by atoms with van der Waals surface area (Å²) in [4.78, 5) is 21.4. The highest BCUT2D eigenvalue weighted by Gasteiger charge is 2.18. The minimum absolute atomic E-state index is 0.128. The fourth-order valence-electron chi connectivity index (χ4n) is 3.53. The molecule has 2 aromatic heterocycles. The smallest absolute Gasteiger partial charge is 0.234 e. The van der Waals surface area contributed by atoms with E-state index < -0.39 is 0 Å². The Labute approximate surface area is 200 Å². The number of anilines is 1. The standard InChI is InChI=1S/C26H20N6OS/c33-24(29-22-14-8-7-13-21(22)19-9-3-1-4-10-19)18-34-26-31-30-25(23-17-27-15-16-28-23)32(26)20-11-5-2-6-12-20/h1-17H,18H2,(H,29,33). The highest BCUT2D eigenvalue weighted by molar-refractivity contribution is 7.99. The predicted octanol–water partition coefficient (Wildman–Crippen LogP) is 5.12. The van der Waals surface area contributed by atoms with E-state index in [4.69, 9.17) is 0 Å². The largest absolute Gasteiger partial charge is 0.325 e. The van der Waals surface area contributed by atoms with Crippen LogP contribution < -0.4 is 5.32 Å². The minimum Gasteiger partial charge on any atom is -0.325 e. The zero-order valence-electron chi connectivity index (χ0n) is 18.1. The lowest BCUT2D eigenvalue weighted by Crippen LogP contribution is -2.15. The van der Waals surface area contributed by atoms with Crippen LogP contribution in [0.3, 0.4) is 0 Å². The number of hydrogen-bond donors (Lipinski definition) is 1. The van der Waals surface area contributed by atoms with Gasteiger partial charge in [0.05, 0.1) is 11.9 Å². The van der Waals surface area contributed by atoms with E-state index in [9.17, 15) is 4.79 Å². The lowest BCUT2D eigenvalue weighted by Gasteiger charge is -2.12. The Morgan fingerprint density at radius 3 is 2.35 bits per heavy atom. The molecular formula is C26H20N6OS. The van der Waals surface area contributed by atoms with Crippen LogP contribution in [0.2, 0.25) is 0 Å². The maximum Gasteiger partial charge on any atom is 0.234 e. The van der Waals surface area contributed by atoms with Gasteiger partial charge >= 0.3 is 0 Å². The Bertz CT molecular complexity index is 1390. The molecule has 2 heterocycles. The molecule has 0 saturated heterocycles. The molecule has 0 aliphatic heterocycles. The van der Waals surface area contributed by atoms with E-state index in [2.05, 4.69) is 25.5 Å². The molecule has 0 spiro atoms.